The number of nitrogen functional groups attached to an aromatic ring is 1. The van der Waals surface area contributed by atoms with Gasteiger partial charge in [0, 0.05) is 26.1 Å². The second kappa shape index (κ2) is 4.18. The molecule has 1 aromatic rings. The Labute approximate surface area is 101 Å². The molecule has 0 radical (unpaired) electrons. The average molecular weight is 262 g/mol. The first-order valence-corrected chi connectivity index (χ1v) is 5.47. The fourth-order valence-corrected chi connectivity index (χ4v) is 2.07. The molecule has 5 nitrogen and oxygen atoms in total. The number of halogens is 3. The van der Waals surface area contributed by atoms with Gasteiger partial charge in [0.1, 0.15) is 5.82 Å². The van der Waals surface area contributed by atoms with Crippen LogP contribution in [0.15, 0.2) is 6.07 Å². The lowest BCUT2D eigenvalue weighted by Gasteiger charge is -2.15. The molecule has 2 N–H and O–H groups in total. The Morgan fingerprint density at radius 2 is 2.22 bits per heavy atom. The summed E-state index contributed by atoms with van der Waals surface area (Å²) in [6.07, 6.45) is -3.94. The normalized spacial score (nSPS) is 20.4. The van der Waals surface area contributed by atoms with Crippen LogP contribution in [-0.2, 0) is 11.0 Å². The van der Waals surface area contributed by atoms with Gasteiger partial charge in [-0.1, -0.05) is 0 Å². The Balaban J connectivity index is 2.20. The maximum Gasteiger partial charge on any atom is 0.435 e. The second-order valence-electron chi connectivity index (χ2n) is 4.30. The molecule has 1 aliphatic rings. The van der Waals surface area contributed by atoms with Gasteiger partial charge >= 0.3 is 6.18 Å². The lowest BCUT2D eigenvalue weighted by Crippen LogP contribution is -2.27. The predicted molar refractivity (Wildman–Crippen MR) is 57.5 cm³/mol. The third-order valence-electron chi connectivity index (χ3n) is 3.01. The number of nitrogens with zero attached hydrogens (tertiary/aromatic N) is 3. The summed E-state index contributed by atoms with van der Waals surface area (Å²) in [6.45, 7) is 2.29. The zero-order valence-corrected chi connectivity index (χ0v) is 9.74. The molecule has 0 aromatic carbocycles. The summed E-state index contributed by atoms with van der Waals surface area (Å²) >= 11 is 0. The first kappa shape index (κ1) is 12.7. The van der Waals surface area contributed by atoms with E-state index in [2.05, 4.69) is 5.10 Å². The Kier molecular flexibility index (Phi) is 2.95. The number of carbonyl (C=O) groups is 1. The molecule has 2 rings (SSSR count). The van der Waals surface area contributed by atoms with E-state index in [1.165, 1.54) is 6.92 Å². The molecule has 0 saturated carbocycles. The highest BCUT2D eigenvalue weighted by molar-refractivity contribution is 5.73. The molecule has 1 atom stereocenters. The molecular formula is C10H13F3N4O. The van der Waals surface area contributed by atoms with Crippen LogP contribution >= 0.6 is 0 Å². The minimum atomic E-state index is -4.50. The van der Waals surface area contributed by atoms with Crippen molar-refractivity contribution in [2.45, 2.75) is 25.6 Å². The average Bonchev–Trinajstić information content (AvgIpc) is 2.81. The van der Waals surface area contributed by atoms with Gasteiger partial charge in [-0.15, -0.1) is 0 Å². The highest BCUT2D eigenvalue weighted by Crippen LogP contribution is 2.32. The van der Waals surface area contributed by atoms with Gasteiger partial charge < -0.3 is 10.6 Å². The maximum absolute atomic E-state index is 12.5. The van der Waals surface area contributed by atoms with Crippen LogP contribution in [0.5, 0.6) is 0 Å². The third kappa shape index (κ3) is 2.27. The van der Waals surface area contributed by atoms with Gasteiger partial charge in [0.05, 0.1) is 6.04 Å². The molecule has 100 valence electrons. The number of aromatic nitrogens is 2. The van der Waals surface area contributed by atoms with Crippen LogP contribution in [-0.4, -0.2) is 33.7 Å². The summed E-state index contributed by atoms with van der Waals surface area (Å²) in [5.41, 5.74) is 4.54. The van der Waals surface area contributed by atoms with E-state index in [0.717, 1.165) is 10.7 Å². The van der Waals surface area contributed by atoms with Crippen molar-refractivity contribution in [3.63, 3.8) is 0 Å². The van der Waals surface area contributed by atoms with Gasteiger partial charge in [-0.25, -0.2) is 4.68 Å². The van der Waals surface area contributed by atoms with Crippen molar-refractivity contribution < 1.29 is 18.0 Å². The number of rotatable bonds is 1. The van der Waals surface area contributed by atoms with E-state index in [9.17, 15) is 18.0 Å². The van der Waals surface area contributed by atoms with Crippen molar-refractivity contribution in [3.8, 4) is 0 Å². The molecule has 1 aromatic heterocycles. The zero-order chi connectivity index (χ0) is 13.5. The lowest BCUT2D eigenvalue weighted by atomic mass is 10.3. The number of carbonyl (C=O) groups excluding carboxylic acids is 1. The molecule has 1 amide bonds. The molecule has 1 unspecified atom stereocenters. The van der Waals surface area contributed by atoms with Crippen molar-refractivity contribution in [2.24, 2.45) is 0 Å². The summed E-state index contributed by atoms with van der Waals surface area (Å²) in [5.74, 6) is -0.128. The van der Waals surface area contributed by atoms with Crippen LogP contribution in [0.3, 0.4) is 0 Å². The molecule has 0 aliphatic carbocycles. The summed E-state index contributed by atoms with van der Waals surface area (Å²) in [4.78, 5) is 12.7. The third-order valence-corrected chi connectivity index (χ3v) is 3.01. The standard InChI is InChI=1S/C10H13F3N4O/c1-6(18)16-3-2-7(5-16)17-9(14)4-8(15-17)10(11,12)13/h4,7H,2-3,5,14H2,1H3. The fraction of sp³-hybridized carbons (Fsp3) is 0.600. The predicted octanol–water partition coefficient (Wildman–Crippen LogP) is 1.28. The SMILES string of the molecule is CC(=O)N1CCC(n2nc(C(F)(F)F)cc2N)C1. The van der Waals surface area contributed by atoms with E-state index in [0.29, 0.717) is 19.5 Å². The van der Waals surface area contributed by atoms with Gasteiger partial charge in [-0.3, -0.25) is 4.79 Å². The van der Waals surface area contributed by atoms with Crippen molar-refractivity contribution in [2.75, 3.05) is 18.8 Å². The molecule has 1 saturated heterocycles. The van der Waals surface area contributed by atoms with Crippen LogP contribution in [0.1, 0.15) is 25.1 Å². The van der Waals surface area contributed by atoms with Crippen LogP contribution in [0.2, 0.25) is 0 Å². The van der Waals surface area contributed by atoms with Gasteiger partial charge in [-0.05, 0) is 6.42 Å². The monoisotopic (exact) mass is 262 g/mol. The Bertz CT molecular complexity index is 468. The Morgan fingerprint density at radius 1 is 1.56 bits per heavy atom. The quantitative estimate of drug-likeness (QED) is 0.829. The minimum absolute atomic E-state index is 0.0299. The number of amides is 1. The van der Waals surface area contributed by atoms with E-state index in [1.54, 1.807) is 4.90 Å². The van der Waals surface area contributed by atoms with Crippen molar-refractivity contribution in [1.82, 2.24) is 14.7 Å². The highest BCUT2D eigenvalue weighted by Gasteiger charge is 2.36. The van der Waals surface area contributed by atoms with Gasteiger partial charge in [0.25, 0.3) is 0 Å². The smallest absolute Gasteiger partial charge is 0.384 e. The number of hydrogen-bond donors (Lipinski definition) is 1. The zero-order valence-electron chi connectivity index (χ0n) is 9.74. The highest BCUT2D eigenvalue weighted by atomic mass is 19.4. The van der Waals surface area contributed by atoms with Crippen LogP contribution in [0.25, 0.3) is 0 Å². The number of likely N-dealkylation sites (tertiary alicyclic amines) is 1. The molecule has 2 heterocycles. The van der Waals surface area contributed by atoms with Gasteiger partial charge in [-0.2, -0.15) is 18.3 Å². The van der Waals surface area contributed by atoms with E-state index in [1.807, 2.05) is 0 Å². The summed E-state index contributed by atoms with van der Waals surface area (Å²) in [7, 11) is 0. The maximum atomic E-state index is 12.5. The summed E-state index contributed by atoms with van der Waals surface area (Å²) in [6, 6.07) is 0.529. The number of hydrogen-bond acceptors (Lipinski definition) is 3. The van der Waals surface area contributed by atoms with E-state index in [4.69, 9.17) is 5.73 Å². The largest absolute Gasteiger partial charge is 0.435 e. The molecule has 1 aliphatic heterocycles. The van der Waals surface area contributed by atoms with Gasteiger partial charge in [0.2, 0.25) is 5.91 Å². The number of alkyl halides is 3. The first-order valence-electron chi connectivity index (χ1n) is 5.47. The molecule has 18 heavy (non-hydrogen) atoms. The summed E-state index contributed by atoms with van der Waals surface area (Å²) in [5, 5.41) is 3.49. The second-order valence-corrected chi connectivity index (χ2v) is 4.30. The van der Waals surface area contributed by atoms with Crippen molar-refractivity contribution in [1.29, 1.82) is 0 Å². The summed E-state index contributed by atoms with van der Waals surface area (Å²) < 4.78 is 38.6. The van der Waals surface area contributed by atoms with E-state index >= 15 is 0 Å². The van der Waals surface area contributed by atoms with E-state index < -0.39 is 11.9 Å². The first-order chi connectivity index (χ1) is 8.29. The van der Waals surface area contributed by atoms with Crippen LogP contribution < -0.4 is 5.73 Å². The molecule has 1 fully saturated rings. The fourth-order valence-electron chi connectivity index (χ4n) is 2.07. The topological polar surface area (TPSA) is 64.2 Å². The number of nitrogens with two attached hydrogens (primary N) is 1. The van der Waals surface area contributed by atoms with Crippen molar-refractivity contribution in [3.05, 3.63) is 11.8 Å². The van der Waals surface area contributed by atoms with Crippen molar-refractivity contribution >= 4 is 11.7 Å². The van der Waals surface area contributed by atoms with Crippen LogP contribution in [0, 0.1) is 0 Å². The minimum Gasteiger partial charge on any atom is -0.384 e. The number of anilines is 1. The molecular weight excluding hydrogens is 249 g/mol. The van der Waals surface area contributed by atoms with Gasteiger partial charge in [0.15, 0.2) is 5.69 Å². The molecule has 8 heteroatoms. The molecule has 0 bridgehead atoms. The van der Waals surface area contributed by atoms with Crippen LogP contribution in [0.4, 0.5) is 19.0 Å². The molecule has 0 spiro atoms. The Morgan fingerprint density at radius 3 is 2.67 bits per heavy atom. The lowest BCUT2D eigenvalue weighted by molar-refractivity contribution is -0.141. The Hall–Kier alpha value is -1.73. The van der Waals surface area contributed by atoms with E-state index in [-0.39, 0.29) is 17.8 Å².